The lowest BCUT2D eigenvalue weighted by atomic mass is 9.93. The van der Waals surface area contributed by atoms with Crippen molar-refractivity contribution in [2.45, 2.75) is 24.4 Å². The number of urea groups is 1. The van der Waals surface area contributed by atoms with E-state index in [0.29, 0.717) is 24.0 Å². The van der Waals surface area contributed by atoms with Crippen molar-refractivity contribution in [3.05, 3.63) is 64.3 Å². The van der Waals surface area contributed by atoms with Crippen LogP contribution in [0.25, 0.3) is 10.9 Å². The highest BCUT2D eigenvalue weighted by Gasteiger charge is 2.50. The van der Waals surface area contributed by atoms with Crippen molar-refractivity contribution in [3.8, 4) is 5.75 Å². The Morgan fingerprint density at radius 3 is 2.71 bits per heavy atom. The lowest BCUT2D eigenvalue weighted by Gasteiger charge is -2.42. The number of carbonyl (C=O) groups excluding carboxylic acids is 2. The number of phenolic OH excluding ortho intramolecular Hbond substituents is 1. The Labute approximate surface area is 181 Å². The first-order valence-corrected chi connectivity index (χ1v) is 9.94. The number of imide groups is 1. The van der Waals surface area contributed by atoms with E-state index in [2.05, 4.69) is 10.4 Å². The summed E-state index contributed by atoms with van der Waals surface area (Å²) in [5.74, 6) is -0.407. The lowest BCUT2D eigenvalue weighted by Crippen LogP contribution is -2.61. The number of halogens is 1. The minimum absolute atomic E-state index is 0.0188. The number of aromatic hydroxyl groups is 1. The van der Waals surface area contributed by atoms with E-state index in [-0.39, 0.29) is 18.0 Å². The molecule has 1 fully saturated rings. The Morgan fingerprint density at radius 2 is 2.00 bits per heavy atom. The summed E-state index contributed by atoms with van der Waals surface area (Å²) >= 11 is 6.10. The zero-order valence-corrected chi connectivity index (χ0v) is 16.9. The van der Waals surface area contributed by atoms with E-state index >= 15 is 0 Å². The molecule has 2 N–H and O–H groups in total. The number of nitro groups is 1. The molecule has 0 bridgehead atoms. The first-order valence-electron chi connectivity index (χ1n) is 9.50. The largest absolute Gasteiger partial charge is 0.508 e. The van der Waals surface area contributed by atoms with Gasteiger partial charge in [-0.2, -0.15) is 5.10 Å². The van der Waals surface area contributed by atoms with Crippen LogP contribution in [-0.4, -0.2) is 48.6 Å². The van der Waals surface area contributed by atoms with Gasteiger partial charge in [0.2, 0.25) is 0 Å². The van der Waals surface area contributed by atoms with Gasteiger partial charge in [-0.25, -0.2) is 4.79 Å². The molecule has 0 saturated carbocycles. The highest BCUT2D eigenvalue weighted by Crippen LogP contribution is 2.39. The predicted molar refractivity (Wildman–Crippen MR) is 112 cm³/mol. The van der Waals surface area contributed by atoms with Crippen molar-refractivity contribution in [3.63, 3.8) is 0 Å². The number of amides is 3. The van der Waals surface area contributed by atoms with Crippen LogP contribution in [0.5, 0.6) is 5.75 Å². The fourth-order valence-electron chi connectivity index (χ4n) is 3.53. The molecule has 1 saturated heterocycles. The van der Waals surface area contributed by atoms with Gasteiger partial charge in [0.15, 0.2) is 0 Å². The van der Waals surface area contributed by atoms with E-state index in [0.717, 1.165) is 10.3 Å². The third kappa shape index (κ3) is 3.89. The molecular weight excluding hydrogens is 426 g/mol. The van der Waals surface area contributed by atoms with Crippen LogP contribution in [0.15, 0.2) is 48.7 Å². The van der Waals surface area contributed by atoms with Crippen LogP contribution in [0.4, 0.5) is 10.5 Å². The first-order chi connectivity index (χ1) is 14.9. The van der Waals surface area contributed by atoms with Gasteiger partial charge in [0.25, 0.3) is 11.6 Å². The highest BCUT2D eigenvalue weighted by molar-refractivity contribution is 6.35. The van der Waals surface area contributed by atoms with Crippen LogP contribution in [0.2, 0.25) is 0 Å². The molecule has 31 heavy (non-hydrogen) atoms. The van der Waals surface area contributed by atoms with Crippen LogP contribution in [0.1, 0.15) is 18.0 Å². The number of rotatable bonds is 6. The molecule has 2 atom stereocenters. The van der Waals surface area contributed by atoms with E-state index in [1.165, 1.54) is 24.3 Å². The highest BCUT2D eigenvalue weighted by atomic mass is 35.5. The lowest BCUT2D eigenvalue weighted by molar-refractivity contribution is -0.384. The fourth-order valence-corrected chi connectivity index (χ4v) is 3.89. The molecule has 1 aliphatic rings. The van der Waals surface area contributed by atoms with Gasteiger partial charge < -0.3 is 10.4 Å². The Kier molecular flexibility index (Phi) is 5.47. The number of nitrogens with zero attached hydrogens (tertiary/aromatic N) is 4. The van der Waals surface area contributed by atoms with Gasteiger partial charge in [-0.1, -0.05) is 12.1 Å². The maximum Gasteiger partial charge on any atom is 0.324 e. The normalized spacial score (nSPS) is 18.1. The molecule has 2 aromatic carbocycles. The molecule has 3 amide bonds. The molecule has 0 radical (unpaired) electrons. The number of aryl methyl sites for hydroxylation is 1. The molecule has 160 valence electrons. The average molecular weight is 444 g/mol. The van der Waals surface area contributed by atoms with Crippen LogP contribution in [0, 0.1) is 10.1 Å². The Hall–Kier alpha value is -3.66. The number of benzene rings is 2. The van der Waals surface area contributed by atoms with E-state index in [9.17, 15) is 24.8 Å². The molecule has 4 rings (SSSR count). The number of phenols is 1. The van der Waals surface area contributed by atoms with Gasteiger partial charge in [0, 0.05) is 30.6 Å². The smallest absolute Gasteiger partial charge is 0.324 e. The zero-order chi connectivity index (χ0) is 22.1. The quantitative estimate of drug-likeness (QED) is 0.198. The molecule has 0 spiro atoms. The second kappa shape index (κ2) is 8.23. The Bertz CT molecular complexity index is 1160. The van der Waals surface area contributed by atoms with Crippen LogP contribution < -0.4 is 5.32 Å². The third-order valence-electron chi connectivity index (χ3n) is 5.14. The molecule has 0 aliphatic carbocycles. The number of hydrogen-bond donors (Lipinski definition) is 2. The monoisotopic (exact) mass is 443 g/mol. The summed E-state index contributed by atoms with van der Waals surface area (Å²) in [5.41, 5.74) is 1.27. The van der Waals surface area contributed by atoms with E-state index in [4.69, 9.17) is 11.6 Å². The third-order valence-corrected chi connectivity index (χ3v) is 5.57. The molecule has 11 heteroatoms. The number of carbonyl (C=O) groups is 2. The van der Waals surface area contributed by atoms with E-state index in [1.54, 1.807) is 29.1 Å². The molecule has 2 unspecified atom stereocenters. The number of non-ortho nitro benzene ring substituents is 1. The Morgan fingerprint density at radius 1 is 1.26 bits per heavy atom. The van der Waals surface area contributed by atoms with Gasteiger partial charge in [0.1, 0.15) is 11.1 Å². The second-order valence-electron chi connectivity index (χ2n) is 7.10. The Balaban J connectivity index is 1.35. The maximum absolute atomic E-state index is 12.5. The van der Waals surface area contributed by atoms with Crippen molar-refractivity contribution in [2.24, 2.45) is 0 Å². The average Bonchev–Trinajstić information content (AvgIpc) is 3.17. The number of hydrogen-bond acceptors (Lipinski definition) is 6. The summed E-state index contributed by atoms with van der Waals surface area (Å²) in [6, 6.07) is 9.53. The number of nitro benzene ring substituents is 1. The van der Waals surface area contributed by atoms with Crippen LogP contribution in [-0.2, 0) is 11.3 Å². The van der Waals surface area contributed by atoms with Gasteiger partial charge in [-0.3, -0.25) is 24.5 Å². The van der Waals surface area contributed by atoms with Crippen molar-refractivity contribution in [1.82, 2.24) is 20.0 Å². The fraction of sp³-hybridized carbons (Fsp3) is 0.250. The van der Waals surface area contributed by atoms with Gasteiger partial charge in [0.05, 0.1) is 22.7 Å². The topological polar surface area (TPSA) is 131 Å². The van der Waals surface area contributed by atoms with Gasteiger partial charge in [-0.05, 0) is 30.2 Å². The molecular formula is C20H18ClN5O5. The second-order valence-corrected chi connectivity index (χ2v) is 7.57. The van der Waals surface area contributed by atoms with Crippen molar-refractivity contribution in [2.75, 3.05) is 6.54 Å². The molecule has 10 nitrogen and oxygen atoms in total. The number of fused-ring (bicyclic) bond motifs is 1. The maximum atomic E-state index is 12.5. The van der Waals surface area contributed by atoms with Gasteiger partial charge >= 0.3 is 6.03 Å². The molecule has 1 aliphatic heterocycles. The first kappa shape index (κ1) is 20.6. The van der Waals surface area contributed by atoms with Gasteiger partial charge in [-0.15, -0.1) is 11.6 Å². The number of alkyl halides is 1. The number of β-lactam (4-membered cyclic amide) rings is 1. The summed E-state index contributed by atoms with van der Waals surface area (Å²) < 4.78 is 1.64. The van der Waals surface area contributed by atoms with E-state index in [1.807, 2.05) is 0 Å². The summed E-state index contributed by atoms with van der Waals surface area (Å²) in [6.07, 6.45) is 2.13. The van der Waals surface area contributed by atoms with Crippen molar-refractivity contribution in [1.29, 1.82) is 0 Å². The number of aromatic nitrogens is 2. The molecule has 2 heterocycles. The van der Waals surface area contributed by atoms with Crippen LogP contribution >= 0.6 is 11.6 Å². The summed E-state index contributed by atoms with van der Waals surface area (Å²) in [4.78, 5) is 36.2. The minimum atomic E-state index is -0.846. The SMILES string of the molecule is O=C(NCCCn1ncc2ccc([N+](=O)[O-])cc21)N1C(=O)C(Cl)C1c1ccc(O)cc1. The summed E-state index contributed by atoms with van der Waals surface area (Å²) in [5, 5.41) is 27.3. The molecule has 3 aromatic rings. The molecule has 1 aromatic heterocycles. The summed E-state index contributed by atoms with van der Waals surface area (Å²) in [6.45, 7) is 0.701. The number of likely N-dealkylation sites (tertiary alicyclic amines) is 1. The van der Waals surface area contributed by atoms with Crippen LogP contribution in [0.3, 0.4) is 0 Å². The zero-order valence-electron chi connectivity index (χ0n) is 16.1. The number of nitrogens with one attached hydrogen (secondary N) is 1. The van der Waals surface area contributed by atoms with Crippen molar-refractivity contribution >= 4 is 40.1 Å². The standard InChI is InChI=1S/C20H18ClN5O5/c21-17-18(12-3-6-15(27)7-4-12)25(19(17)28)20(29)22-8-1-9-24-16-10-14(26(30)31)5-2-13(16)11-23-24/h2-7,10-11,17-18,27H,1,8-9H2,(H,22,29). The predicted octanol–water partition coefficient (Wildman–Crippen LogP) is 2.94. The van der Waals surface area contributed by atoms with E-state index < -0.39 is 28.3 Å². The summed E-state index contributed by atoms with van der Waals surface area (Å²) in [7, 11) is 0. The minimum Gasteiger partial charge on any atom is -0.508 e. The van der Waals surface area contributed by atoms with Crippen molar-refractivity contribution < 1.29 is 19.6 Å².